The molecule has 0 spiro atoms. The maximum Gasteiger partial charge on any atom is 0.242 e. The van der Waals surface area contributed by atoms with Crippen molar-refractivity contribution in [2.24, 2.45) is 17.8 Å². The molecule has 4 saturated carbocycles. The van der Waals surface area contributed by atoms with Gasteiger partial charge in [-0.25, -0.2) is 0 Å². The van der Waals surface area contributed by atoms with E-state index in [2.05, 4.69) is 10.4 Å². The van der Waals surface area contributed by atoms with Crippen LogP contribution in [0.5, 0.6) is 0 Å². The van der Waals surface area contributed by atoms with E-state index in [0.717, 1.165) is 17.8 Å². The SMILES string of the molecule is Nc1ccn(CC(=O)NC23CC4CC(CC(C4)C2)C3)n1. The van der Waals surface area contributed by atoms with Crippen LogP contribution in [0.15, 0.2) is 12.3 Å². The molecule has 0 radical (unpaired) electrons. The van der Waals surface area contributed by atoms with Crippen LogP contribution in [0, 0.1) is 17.8 Å². The third-order valence-electron chi connectivity index (χ3n) is 5.41. The number of hydrogen-bond acceptors (Lipinski definition) is 3. The quantitative estimate of drug-likeness (QED) is 0.878. The topological polar surface area (TPSA) is 72.9 Å². The number of aromatic nitrogens is 2. The number of carbonyl (C=O) groups is 1. The molecule has 5 heteroatoms. The Hall–Kier alpha value is -1.52. The van der Waals surface area contributed by atoms with E-state index in [4.69, 9.17) is 5.73 Å². The van der Waals surface area contributed by atoms with Crippen molar-refractivity contribution < 1.29 is 4.79 Å². The van der Waals surface area contributed by atoms with Gasteiger partial charge in [0.25, 0.3) is 0 Å². The molecule has 20 heavy (non-hydrogen) atoms. The van der Waals surface area contributed by atoms with Crippen molar-refractivity contribution in [1.82, 2.24) is 15.1 Å². The summed E-state index contributed by atoms with van der Waals surface area (Å²) in [6, 6.07) is 1.72. The number of nitrogens with one attached hydrogen (secondary N) is 1. The molecule has 5 rings (SSSR count). The second-order valence-electron chi connectivity index (χ2n) is 7.18. The van der Waals surface area contributed by atoms with E-state index in [1.165, 1.54) is 38.5 Å². The normalized spacial score (nSPS) is 38.1. The fourth-order valence-electron chi connectivity index (χ4n) is 5.21. The second-order valence-corrected chi connectivity index (χ2v) is 7.18. The van der Waals surface area contributed by atoms with E-state index in [-0.39, 0.29) is 18.0 Å². The molecule has 0 saturated heterocycles. The highest BCUT2D eigenvalue weighted by Crippen LogP contribution is 2.55. The number of amides is 1. The zero-order valence-electron chi connectivity index (χ0n) is 11.7. The largest absolute Gasteiger partial charge is 0.382 e. The van der Waals surface area contributed by atoms with Gasteiger partial charge in [0.2, 0.25) is 5.91 Å². The van der Waals surface area contributed by atoms with Crippen molar-refractivity contribution in [2.45, 2.75) is 50.6 Å². The van der Waals surface area contributed by atoms with Crippen LogP contribution in [0.3, 0.4) is 0 Å². The Kier molecular flexibility index (Phi) is 2.59. The van der Waals surface area contributed by atoms with Gasteiger partial charge in [0.05, 0.1) is 0 Å². The Morgan fingerprint density at radius 1 is 1.30 bits per heavy atom. The van der Waals surface area contributed by atoms with E-state index in [1.807, 2.05) is 0 Å². The lowest BCUT2D eigenvalue weighted by atomic mass is 9.53. The molecule has 108 valence electrons. The maximum absolute atomic E-state index is 12.3. The number of hydrogen-bond donors (Lipinski definition) is 2. The number of nitrogens with zero attached hydrogens (tertiary/aromatic N) is 2. The lowest BCUT2D eigenvalue weighted by Gasteiger charge is -2.56. The lowest BCUT2D eigenvalue weighted by molar-refractivity contribution is -0.127. The zero-order valence-corrected chi connectivity index (χ0v) is 11.7. The van der Waals surface area contributed by atoms with Crippen molar-refractivity contribution in [3.63, 3.8) is 0 Å². The molecule has 0 unspecified atom stereocenters. The minimum atomic E-state index is 0.0788. The van der Waals surface area contributed by atoms with Crippen LogP contribution in [0.4, 0.5) is 5.82 Å². The van der Waals surface area contributed by atoms with Gasteiger partial charge in [0, 0.05) is 11.7 Å². The molecular formula is C15H22N4O. The number of nitrogens with two attached hydrogens (primary N) is 1. The molecule has 4 fully saturated rings. The maximum atomic E-state index is 12.3. The molecule has 1 aromatic heterocycles. The first kappa shape index (κ1) is 12.2. The van der Waals surface area contributed by atoms with Gasteiger partial charge in [-0.1, -0.05) is 0 Å². The van der Waals surface area contributed by atoms with Gasteiger partial charge in [-0.2, -0.15) is 5.10 Å². The number of carbonyl (C=O) groups excluding carboxylic acids is 1. The van der Waals surface area contributed by atoms with Crippen LogP contribution in [0.2, 0.25) is 0 Å². The minimum Gasteiger partial charge on any atom is -0.382 e. The Morgan fingerprint density at radius 3 is 2.40 bits per heavy atom. The third-order valence-corrected chi connectivity index (χ3v) is 5.41. The molecule has 4 bridgehead atoms. The smallest absolute Gasteiger partial charge is 0.242 e. The summed E-state index contributed by atoms with van der Waals surface area (Å²) in [7, 11) is 0. The first-order valence-corrected chi connectivity index (χ1v) is 7.70. The van der Waals surface area contributed by atoms with E-state index >= 15 is 0 Å². The Labute approximate surface area is 118 Å². The fraction of sp³-hybridized carbons (Fsp3) is 0.733. The summed E-state index contributed by atoms with van der Waals surface area (Å²) in [6.45, 7) is 0.277. The lowest BCUT2D eigenvalue weighted by Crippen LogP contribution is -2.60. The predicted molar refractivity (Wildman–Crippen MR) is 75.7 cm³/mol. The van der Waals surface area contributed by atoms with Gasteiger partial charge < -0.3 is 11.1 Å². The molecule has 3 N–H and O–H groups in total. The molecule has 1 heterocycles. The van der Waals surface area contributed by atoms with Crippen LogP contribution < -0.4 is 11.1 Å². The molecule has 0 aromatic carbocycles. The van der Waals surface area contributed by atoms with Crippen LogP contribution in [0.25, 0.3) is 0 Å². The molecule has 5 nitrogen and oxygen atoms in total. The summed E-state index contributed by atoms with van der Waals surface area (Å²) >= 11 is 0. The minimum absolute atomic E-state index is 0.0788. The van der Waals surface area contributed by atoms with Crippen LogP contribution in [-0.4, -0.2) is 21.2 Å². The van der Waals surface area contributed by atoms with E-state index < -0.39 is 0 Å². The van der Waals surface area contributed by atoms with Gasteiger partial charge in [0.15, 0.2) is 0 Å². The predicted octanol–water partition coefficient (Wildman–Crippen LogP) is 1.55. The highest BCUT2D eigenvalue weighted by molar-refractivity contribution is 5.76. The van der Waals surface area contributed by atoms with Crippen molar-refractivity contribution in [1.29, 1.82) is 0 Å². The Bertz CT molecular complexity index is 500. The zero-order chi connectivity index (χ0) is 13.7. The van der Waals surface area contributed by atoms with Crippen LogP contribution in [-0.2, 0) is 11.3 Å². The molecule has 0 atom stereocenters. The first-order valence-electron chi connectivity index (χ1n) is 7.70. The van der Waals surface area contributed by atoms with Crippen LogP contribution >= 0.6 is 0 Å². The highest BCUT2D eigenvalue weighted by Gasteiger charge is 2.51. The number of anilines is 1. The highest BCUT2D eigenvalue weighted by atomic mass is 16.2. The summed E-state index contributed by atoms with van der Waals surface area (Å²) in [6.07, 6.45) is 9.50. The fourth-order valence-corrected chi connectivity index (χ4v) is 5.21. The molecule has 4 aliphatic carbocycles. The Balaban J connectivity index is 1.44. The summed E-state index contributed by atoms with van der Waals surface area (Å²) < 4.78 is 1.62. The van der Waals surface area contributed by atoms with E-state index in [1.54, 1.807) is 16.9 Å². The average Bonchev–Trinajstić information content (AvgIpc) is 2.71. The van der Waals surface area contributed by atoms with E-state index in [0.29, 0.717) is 5.82 Å². The van der Waals surface area contributed by atoms with Gasteiger partial charge in [-0.15, -0.1) is 0 Å². The standard InChI is InChI=1S/C15H22N4O/c16-13-1-2-19(18-13)9-14(20)17-15-6-10-3-11(7-15)5-12(4-10)8-15/h1-2,10-12H,3-9H2,(H2,16,18)(H,17,20). The van der Waals surface area contributed by atoms with Gasteiger partial charge in [0.1, 0.15) is 12.4 Å². The first-order chi connectivity index (χ1) is 9.60. The van der Waals surface area contributed by atoms with Crippen molar-refractivity contribution >= 4 is 11.7 Å². The number of nitrogen functional groups attached to an aromatic ring is 1. The van der Waals surface area contributed by atoms with Crippen molar-refractivity contribution in [3.8, 4) is 0 Å². The Morgan fingerprint density at radius 2 is 1.90 bits per heavy atom. The summed E-state index contributed by atoms with van der Waals surface area (Å²) in [4.78, 5) is 12.3. The number of rotatable bonds is 3. The average molecular weight is 274 g/mol. The van der Waals surface area contributed by atoms with Gasteiger partial charge in [-0.05, 0) is 62.3 Å². The second kappa shape index (κ2) is 4.24. The monoisotopic (exact) mass is 274 g/mol. The van der Waals surface area contributed by atoms with Gasteiger partial charge in [-0.3, -0.25) is 9.48 Å². The van der Waals surface area contributed by atoms with Crippen LogP contribution in [0.1, 0.15) is 38.5 Å². The molecule has 0 aliphatic heterocycles. The third kappa shape index (κ3) is 2.09. The van der Waals surface area contributed by atoms with Crippen molar-refractivity contribution in [3.05, 3.63) is 12.3 Å². The summed E-state index contributed by atoms with van der Waals surface area (Å²) in [5.74, 6) is 3.09. The molecule has 1 aromatic rings. The van der Waals surface area contributed by atoms with Gasteiger partial charge >= 0.3 is 0 Å². The molecule has 4 aliphatic rings. The van der Waals surface area contributed by atoms with Crippen molar-refractivity contribution in [2.75, 3.05) is 5.73 Å². The summed E-state index contributed by atoms with van der Waals surface area (Å²) in [5.41, 5.74) is 5.67. The summed E-state index contributed by atoms with van der Waals surface area (Å²) in [5, 5.41) is 7.42. The molecular weight excluding hydrogens is 252 g/mol. The van der Waals surface area contributed by atoms with E-state index in [9.17, 15) is 4.79 Å². The molecule has 1 amide bonds.